The molecule has 9 heteroatoms. The first-order chi connectivity index (χ1) is 18.0. The fraction of sp³-hybridized carbons (Fsp3) is 0.429. The fourth-order valence-corrected chi connectivity index (χ4v) is 5.41. The molecule has 5 rings (SSSR count). The summed E-state index contributed by atoms with van der Waals surface area (Å²) >= 11 is 1.58. The van der Waals surface area contributed by atoms with Crippen LogP contribution in [0.15, 0.2) is 60.1 Å². The minimum absolute atomic E-state index is 0.434. The highest BCUT2D eigenvalue weighted by Gasteiger charge is 2.23. The number of hydrogen-bond acceptors (Lipinski definition) is 8. The highest BCUT2D eigenvalue weighted by molar-refractivity contribution is 7.98. The quantitative estimate of drug-likeness (QED) is 0.214. The monoisotopic (exact) mass is 516 g/mol. The summed E-state index contributed by atoms with van der Waals surface area (Å²) in [6.07, 6.45) is 10.1. The van der Waals surface area contributed by atoms with E-state index in [0.29, 0.717) is 12.0 Å². The molecule has 0 bridgehead atoms. The molecule has 37 heavy (non-hydrogen) atoms. The normalized spacial score (nSPS) is 14.5. The van der Waals surface area contributed by atoms with E-state index in [4.69, 9.17) is 9.97 Å². The zero-order valence-corrected chi connectivity index (χ0v) is 22.9. The molecule has 0 amide bonds. The number of rotatable bonds is 9. The van der Waals surface area contributed by atoms with Crippen LogP contribution in [-0.2, 0) is 0 Å². The zero-order valence-electron chi connectivity index (χ0n) is 22.1. The molecule has 1 saturated heterocycles. The van der Waals surface area contributed by atoms with Crippen LogP contribution < -0.4 is 15.1 Å². The van der Waals surface area contributed by atoms with Crippen molar-refractivity contribution in [2.75, 3.05) is 47.6 Å². The van der Waals surface area contributed by atoms with Gasteiger partial charge in [-0.1, -0.05) is 11.8 Å². The number of aromatic nitrogens is 5. The Morgan fingerprint density at radius 1 is 1.08 bits per heavy atom. The number of hydrogen-bond donors (Lipinski definition) is 1. The van der Waals surface area contributed by atoms with Crippen molar-refractivity contribution < 1.29 is 0 Å². The summed E-state index contributed by atoms with van der Waals surface area (Å²) in [7, 11) is 0. The Kier molecular flexibility index (Phi) is 7.79. The van der Waals surface area contributed by atoms with Gasteiger partial charge in [-0.3, -0.25) is 0 Å². The maximum absolute atomic E-state index is 4.87. The predicted octanol–water partition coefficient (Wildman–Crippen LogP) is 6.01. The second-order valence-electron chi connectivity index (χ2n) is 9.83. The molecule has 1 aromatic carbocycles. The van der Waals surface area contributed by atoms with Gasteiger partial charge in [0.1, 0.15) is 11.6 Å². The minimum Gasteiger partial charge on any atom is -0.356 e. The number of nitrogens with zero attached hydrogens (tertiary/aromatic N) is 7. The van der Waals surface area contributed by atoms with E-state index in [2.05, 4.69) is 87.0 Å². The Hall–Kier alpha value is -3.33. The van der Waals surface area contributed by atoms with Crippen LogP contribution in [-0.4, -0.2) is 56.9 Å². The number of benzene rings is 1. The molecule has 1 fully saturated rings. The lowest BCUT2D eigenvalue weighted by atomic mass is 9.96. The van der Waals surface area contributed by atoms with Gasteiger partial charge in [-0.25, -0.2) is 19.9 Å². The first-order valence-corrected chi connectivity index (χ1v) is 14.3. The SMILES string of the molecule is CCN(CC1CCN(c2ncccn2)CC1)c1cc(Nc2ccc3c(ccn3C(C)C)c2)nc(SC)n1. The maximum Gasteiger partial charge on any atom is 0.225 e. The summed E-state index contributed by atoms with van der Waals surface area (Å²) in [5.41, 5.74) is 2.28. The van der Waals surface area contributed by atoms with Gasteiger partial charge in [-0.2, -0.15) is 0 Å². The predicted molar refractivity (Wildman–Crippen MR) is 154 cm³/mol. The molecule has 194 valence electrons. The van der Waals surface area contributed by atoms with Gasteiger partial charge in [0.15, 0.2) is 5.16 Å². The third-order valence-corrected chi connectivity index (χ3v) is 7.61. The summed E-state index contributed by atoms with van der Waals surface area (Å²) in [4.78, 5) is 23.1. The average molecular weight is 517 g/mol. The van der Waals surface area contributed by atoms with E-state index >= 15 is 0 Å². The van der Waals surface area contributed by atoms with Crippen LogP contribution in [0, 0.1) is 5.92 Å². The van der Waals surface area contributed by atoms with Crippen LogP contribution in [0.5, 0.6) is 0 Å². The molecule has 0 spiro atoms. The Morgan fingerprint density at radius 3 is 2.57 bits per heavy atom. The van der Waals surface area contributed by atoms with Gasteiger partial charge >= 0.3 is 0 Å². The molecule has 4 aromatic rings. The molecular formula is C28H36N8S. The molecule has 4 heterocycles. The molecular weight excluding hydrogens is 480 g/mol. The second-order valence-corrected chi connectivity index (χ2v) is 10.6. The highest BCUT2D eigenvalue weighted by atomic mass is 32.2. The molecule has 8 nitrogen and oxygen atoms in total. The maximum atomic E-state index is 4.87. The lowest BCUT2D eigenvalue weighted by Gasteiger charge is -2.35. The van der Waals surface area contributed by atoms with Gasteiger partial charge in [0.2, 0.25) is 5.95 Å². The van der Waals surface area contributed by atoms with Crippen LogP contribution in [0.25, 0.3) is 10.9 Å². The van der Waals surface area contributed by atoms with E-state index in [1.807, 2.05) is 24.7 Å². The molecule has 1 aliphatic rings. The minimum atomic E-state index is 0.434. The number of thioether (sulfide) groups is 1. The number of fused-ring (bicyclic) bond motifs is 1. The molecule has 0 saturated carbocycles. The van der Waals surface area contributed by atoms with Crippen LogP contribution >= 0.6 is 11.8 Å². The fourth-order valence-electron chi connectivity index (χ4n) is 5.04. The summed E-state index contributed by atoms with van der Waals surface area (Å²) in [5.74, 6) is 3.25. The van der Waals surface area contributed by atoms with Crippen molar-refractivity contribution in [3.63, 3.8) is 0 Å². The molecule has 3 aromatic heterocycles. The van der Waals surface area contributed by atoms with Gasteiger partial charge in [0.25, 0.3) is 0 Å². The Bertz CT molecular complexity index is 1310. The second kappa shape index (κ2) is 11.4. The summed E-state index contributed by atoms with van der Waals surface area (Å²) in [5, 5.41) is 5.54. The largest absolute Gasteiger partial charge is 0.356 e. The van der Waals surface area contributed by atoms with E-state index in [0.717, 1.165) is 67.4 Å². The van der Waals surface area contributed by atoms with E-state index < -0.39 is 0 Å². The van der Waals surface area contributed by atoms with Crippen LogP contribution in [0.4, 0.5) is 23.3 Å². The molecule has 1 N–H and O–H groups in total. The van der Waals surface area contributed by atoms with Crippen molar-refractivity contribution >= 4 is 45.9 Å². The third-order valence-electron chi connectivity index (χ3n) is 7.06. The highest BCUT2D eigenvalue weighted by Crippen LogP contribution is 2.28. The molecule has 0 radical (unpaired) electrons. The van der Waals surface area contributed by atoms with Gasteiger partial charge in [0, 0.05) is 73.5 Å². The first-order valence-electron chi connectivity index (χ1n) is 13.1. The van der Waals surface area contributed by atoms with Crippen molar-refractivity contribution in [2.24, 2.45) is 5.92 Å². The van der Waals surface area contributed by atoms with E-state index in [1.54, 1.807) is 11.8 Å². The summed E-state index contributed by atoms with van der Waals surface area (Å²) in [6, 6.07) is 13.1. The van der Waals surface area contributed by atoms with E-state index in [9.17, 15) is 0 Å². The standard InChI is InChI=1S/C28H36N8S/c1-5-34(19-21-9-14-35(15-10-21)27-29-12-6-13-30-27)26-18-25(32-28(33-26)37-4)31-23-7-8-24-22(17-23)11-16-36(24)20(2)3/h6-8,11-13,16-18,20-21H,5,9-10,14-15,19H2,1-4H3,(H,31,32,33). The van der Waals surface area contributed by atoms with Crippen molar-refractivity contribution in [1.82, 2.24) is 24.5 Å². The summed E-state index contributed by atoms with van der Waals surface area (Å²) < 4.78 is 2.30. The van der Waals surface area contributed by atoms with Crippen LogP contribution in [0.3, 0.4) is 0 Å². The molecule has 0 atom stereocenters. The van der Waals surface area contributed by atoms with E-state index in [1.165, 1.54) is 10.9 Å². The van der Waals surface area contributed by atoms with Crippen molar-refractivity contribution in [2.45, 2.75) is 44.8 Å². The zero-order chi connectivity index (χ0) is 25.8. The summed E-state index contributed by atoms with van der Waals surface area (Å²) in [6.45, 7) is 10.5. The molecule has 1 aliphatic heterocycles. The Balaban J connectivity index is 1.29. The van der Waals surface area contributed by atoms with Gasteiger partial charge < -0.3 is 19.7 Å². The topological polar surface area (TPSA) is 75.0 Å². The molecule has 0 unspecified atom stereocenters. The van der Waals surface area contributed by atoms with Gasteiger partial charge in [0.05, 0.1) is 0 Å². The van der Waals surface area contributed by atoms with Crippen molar-refractivity contribution in [3.8, 4) is 0 Å². The number of piperidine rings is 1. The molecule has 0 aliphatic carbocycles. The van der Waals surface area contributed by atoms with Crippen LogP contribution in [0.1, 0.15) is 39.7 Å². The van der Waals surface area contributed by atoms with Crippen LogP contribution in [0.2, 0.25) is 0 Å². The first kappa shape index (κ1) is 25.3. The van der Waals surface area contributed by atoms with E-state index in [-0.39, 0.29) is 0 Å². The Morgan fingerprint density at radius 2 is 1.86 bits per heavy atom. The van der Waals surface area contributed by atoms with Gasteiger partial charge in [-0.15, -0.1) is 0 Å². The van der Waals surface area contributed by atoms with Crippen molar-refractivity contribution in [1.29, 1.82) is 0 Å². The van der Waals surface area contributed by atoms with Crippen molar-refractivity contribution in [3.05, 3.63) is 55.0 Å². The lowest BCUT2D eigenvalue weighted by molar-refractivity contribution is 0.400. The number of anilines is 4. The average Bonchev–Trinajstić information content (AvgIpc) is 3.36. The lowest BCUT2D eigenvalue weighted by Crippen LogP contribution is -2.39. The number of nitrogens with one attached hydrogen (secondary N) is 1. The van der Waals surface area contributed by atoms with Gasteiger partial charge in [-0.05, 0) is 76.1 Å². The smallest absolute Gasteiger partial charge is 0.225 e. The third kappa shape index (κ3) is 5.82. The Labute approximate surface area is 223 Å².